The average Bonchev–Trinajstić information content (AvgIpc) is 2.28. The van der Waals surface area contributed by atoms with Gasteiger partial charge in [0.1, 0.15) is 6.10 Å². The molecule has 1 saturated heterocycles. The van der Waals surface area contributed by atoms with Crippen molar-refractivity contribution < 1.29 is 9.53 Å². The Morgan fingerprint density at radius 2 is 2.29 bits per heavy atom. The predicted octanol–water partition coefficient (Wildman–Crippen LogP) is 1.43. The molecular formula is C12H25ClN2O2. The van der Waals surface area contributed by atoms with Crippen molar-refractivity contribution in [3.8, 4) is 0 Å². The van der Waals surface area contributed by atoms with Gasteiger partial charge in [0.25, 0.3) is 5.91 Å². The molecule has 5 heteroatoms. The summed E-state index contributed by atoms with van der Waals surface area (Å²) >= 11 is 0. The summed E-state index contributed by atoms with van der Waals surface area (Å²) in [6.45, 7) is 9.23. The zero-order valence-electron chi connectivity index (χ0n) is 11.1. The van der Waals surface area contributed by atoms with Crippen molar-refractivity contribution in [2.24, 2.45) is 0 Å². The van der Waals surface area contributed by atoms with Crippen LogP contribution < -0.4 is 5.32 Å². The molecule has 0 radical (unpaired) electrons. The number of rotatable bonds is 5. The van der Waals surface area contributed by atoms with Gasteiger partial charge in [-0.25, -0.2) is 0 Å². The van der Waals surface area contributed by atoms with E-state index in [-0.39, 0.29) is 24.4 Å². The Balaban J connectivity index is 0.00000256. The smallest absolute Gasteiger partial charge is 0.251 e. The fourth-order valence-electron chi connectivity index (χ4n) is 1.87. The molecule has 1 amide bonds. The Bertz CT molecular complexity index is 227. The molecule has 1 aliphatic heterocycles. The molecule has 0 bridgehead atoms. The summed E-state index contributed by atoms with van der Waals surface area (Å²) in [4.78, 5) is 13.9. The first-order valence-electron chi connectivity index (χ1n) is 6.29. The molecule has 0 spiro atoms. The van der Waals surface area contributed by atoms with E-state index in [1.54, 1.807) is 0 Å². The predicted molar refractivity (Wildman–Crippen MR) is 71.6 cm³/mol. The number of hydrogen-bond acceptors (Lipinski definition) is 3. The first-order valence-corrected chi connectivity index (χ1v) is 6.29. The minimum absolute atomic E-state index is 0. The maximum Gasteiger partial charge on any atom is 0.251 e. The summed E-state index contributed by atoms with van der Waals surface area (Å²) in [5.41, 5.74) is 0. The molecule has 17 heavy (non-hydrogen) atoms. The Morgan fingerprint density at radius 3 is 2.88 bits per heavy atom. The van der Waals surface area contributed by atoms with Crippen LogP contribution in [0, 0.1) is 0 Å². The minimum Gasteiger partial charge on any atom is -0.369 e. The van der Waals surface area contributed by atoms with E-state index >= 15 is 0 Å². The molecule has 4 nitrogen and oxygen atoms in total. The summed E-state index contributed by atoms with van der Waals surface area (Å²) in [5, 5.41) is 3.32. The van der Waals surface area contributed by atoms with E-state index in [0.717, 1.165) is 32.5 Å². The van der Waals surface area contributed by atoms with E-state index in [1.807, 2.05) is 11.8 Å². The van der Waals surface area contributed by atoms with E-state index in [9.17, 15) is 4.79 Å². The molecule has 1 fully saturated rings. The van der Waals surface area contributed by atoms with Crippen molar-refractivity contribution in [3.63, 3.8) is 0 Å². The summed E-state index contributed by atoms with van der Waals surface area (Å²) < 4.78 is 5.52. The quantitative estimate of drug-likeness (QED) is 0.764. The number of unbranched alkanes of at least 4 members (excludes halogenated alkanes) is 1. The normalized spacial score (nSPS) is 21.8. The number of piperazine rings is 1. The van der Waals surface area contributed by atoms with Crippen LogP contribution in [0.5, 0.6) is 0 Å². The molecule has 1 N–H and O–H groups in total. The highest BCUT2D eigenvalue weighted by atomic mass is 35.5. The Labute approximate surface area is 110 Å². The summed E-state index contributed by atoms with van der Waals surface area (Å²) in [6, 6.07) is 0.389. The highest BCUT2D eigenvalue weighted by molar-refractivity contribution is 5.85. The number of nitrogens with zero attached hydrogens (tertiary/aromatic N) is 1. The maximum absolute atomic E-state index is 12.0. The van der Waals surface area contributed by atoms with Gasteiger partial charge in [0.05, 0.1) is 0 Å². The molecule has 1 heterocycles. The third kappa shape index (κ3) is 5.70. The van der Waals surface area contributed by atoms with Gasteiger partial charge in [-0.2, -0.15) is 0 Å². The van der Waals surface area contributed by atoms with Crippen molar-refractivity contribution in [1.29, 1.82) is 0 Å². The summed E-state index contributed by atoms with van der Waals surface area (Å²) in [5.74, 6) is 0.129. The van der Waals surface area contributed by atoms with Gasteiger partial charge in [0.15, 0.2) is 0 Å². The first kappa shape index (κ1) is 16.7. The van der Waals surface area contributed by atoms with Crippen molar-refractivity contribution in [2.75, 3.05) is 26.2 Å². The molecule has 0 aromatic carbocycles. The lowest BCUT2D eigenvalue weighted by Crippen LogP contribution is -2.53. The molecule has 0 saturated carbocycles. The number of carbonyl (C=O) groups excluding carboxylic acids is 1. The standard InChI is InChI=1S/C12H24N2O2.ClH/c1-4-5-8-16-11(3)12(15)14-7-6-13-10(2)9-14;/h10-11,13H,4-9H2,1-3H3;1H. The molecule has 1 rings (SSSR count). The van der Waals surface area contributed by atoms with Crippen LogP contribution >= 0.6 is 12.4 Å². The van der Waals surface area contributed by atoms with Gasteiger partial charge in [-0.1, -0.05) is 13.3 Å². The van der Waals surface area contributed by atoms with Crippen LogP contribution in [0.4, 0.5) is 0 Å². The zero-order valence-corrected chi connectivity index (χ0v) is 11.9. The lowest BCUT2D eigenvalue weighted by molar-refractivity contribution is -0.143. The van der Waals surface area contributed by atoms with Gasteiger partial charge in [0, 0.05) is 32.3 Å². The SMILES string of the molecule is CCCCOC(C)C(=O)N1CCNC(C)C1.Cl. The van der Waals surface area contributed by atoms with Gasteiger partial charge in [-0.15, -0.1) is 12.4 Å². The third-order valence-corrected chi connectivity index (χ3v) is 2.89. The number of ether oxygens (including phenoxy) is 1. The lowest BCUT2D eigenvalue weighted by atomic mass is 10.2. The van der Waals surface area contributed by atoms with E-state index in [1.165, 1.54) is 0 Å². The van der Waals surface area contributed by atoms with Crippen molar-refractivity contribution in [2.45, 2.75) is 45.8 Å². The van der Waals surface area contributed by atoms with Crippen LogP contribution in [-0.2, 0) is 9.53 Å². The van der Waals surface area contributed by atoms with E-state index in [2.05, 4.69) is 19.2 Å². The highest BCUT2D eigenvalue weighted by Gasteiger charge is 2.24. The minimum atomic E-state index is -0.295. The second kappa shape index (κ2) is 8.72. The van der Waals surface area contributed by atoms with Crippen LogP contribution in [0.25, 0.3) is 0 Å². The molecule has 0 aromatic heterocycles. The van der Waals surface area contributed by atoms with Crippen LogP contribution in [0.1, 0.15) is 33.6 Å². The molecule has 0 aromatic rings. The van der Waals surface area contributed by atoms with Gasteiger partial charge in [-0.3, -0.25) is 4.79 Å². The number of nitrogens with one attached hydrogen (secondary N) is 1. The van der Waals surface area contributed by atoms with Crippen molar-refractivity contribution in [3.05, 3.63) is 0 Å². The Kier molecular flexibility index (Phi) is 8.56. The maximum atomic E-state index is 12.0. The van der Waals surface area contributed by atoms with Gasteiger partial charge in [0.2, 0.25) is 0 Å². The summed E-state index contributed by atoms with van der Waals surface area (Å²) in [6.07, 6.45) is 1.83. The van der Waals surface area contributed by atoms with E-state index in [4.69, 9.17) is 4.74 Å². The molecule has 1 aliphatic rings. The highest BCUT2D eigenvalue weighted by Crippen LogP contribution is 2.05. The topological polar surface area (TPSA) is 41.6 Å². The molecule has 0 aliphatic carbocycles. The zero-order chi connectivity index (χ0) is 12.0. The second-order valence-electron chi connectivity index (χ2n) is 4.51. The number of halogens is 1. The van der Waals surface area contributed by atoms with Crippen molar-refractivity contribution in [1.82, 2.24) is 10.2 Å². The van der Waals surface area contributed by atoms with Gasteiger partial charge >= 0.3 is 0 Å². The second-order valence-corrected chi connectivity index (χ2v) is 4.51. The Morgan fingerprint density at radius 1 is 1.59 bits per heavy atom. The fourth-order valence-corrected chi connectivity index (χ4v) is 1.87. The molecule has 2 atom stereocenters. The van der Waals surface area contributed by atoms with Crippen LogP contribution in [0.3, 0.4) is 0 Å². The van der Waals surface area contributed by atoms with E-state index in [0.29, 0.717) is 12.6 Å². The third-order valence-electron chi connectivity index (χ3n) is 2.89. The molecule has 2 unspecified atom stereocenters. The van der Waals surface area contributed by atoms with Crippen LogP contribution in [-0.4, -0.2) is 49.2 Å². The number of hydrogen-bond donors (Lipinski definition) is 1. The van der Waals surface area contributed by atoms with Crippen molar-refractivity contribution >= 4 is 18.3 Å². The van der Waals surface area contributed by atoms with Gasteiger partial charge in [-0.05, 0) is 20.3 Å². The van der Waals surface area contributed by atoms with Crippen LogP contribution in [0.2, 0.25) is 0 Å². The average molecular weight is 265 g/mol. The first-order chi connectivity index (χ1) is 7.65. The van der Waals surface area contributed by atoms with E-state index < -0.39 is 0 Å². The lowest BCUT2D eigenvalue weighted by Gasteiger charge is -2.33. The summed E-state index contributed by atoms with van der Waals surface area (Å²) in [7, 11) is 0. The monoisotopic (exact) mass is 264 g/mol. The van der Waals surface area contributed by atoms with Gasteiger partial charge < -0.3 is 15.0 Å². The number of carbonyl (C=O) groups is 1. The fraction of sp³-hybridized carbons (Fsp3) is 0.917. The number of amides is 1. The molecular weight excluding hydrogens is 240 g/mol. The largest absolute Gasteiger partial charge is 0.369 e. The Hall–Kier alpha value is -0.320. The molecule has 102 valence electrons. The van der Waals surface area contributed by atoms with Crippen LogP contribution in [0.15, 0.2) is 0 Å².